The normalized spacial score (nSPS) is 12.1. The van der Waals surface area contributed by atoms with Crippen molar-refractivity contribution in [2.75, 3.05) is 6.61 Å². The Balaban J connectivity index is 1.89. The summed E-state index contributed by atoms with van der Waals surface area (Å²) < 4.78 is 6.34. The molecule has 0 saturated heterocycles. The molecule has 6 nitrogen and oxygen atoms in total. The molecule has 0 fully saturated rings. The van der Waals surface area contributed by atoms with Crippen LogP contribution in [-0.4, -0.2) is 27.9 Å². The van der Waals surface area contributed by atoms with Crippen LogP contribution in [0.5, 0.6) is 0 Å². The number of fused-ring (bicyclic) bond motifs is 1. The van der Waals surface area contributed by atoms with Crippen LogP contribution in [0.25, 0.3) is 10.2 Å². The molecule has 2 heterocycles. The molecule has 29 heavy (non-hydrogen) atoms. The first-order chi connectivity index (χ1) is 13.9. The summed E-state index contributed by atoms with van der Waals surface area (Å²) in [5.41, 5.74) is 1.95. The molecule has 152 valence electrons. The van der Waals surface area contributed by atoms with Gasteiger partial charge in [-0.25, -0.2) is 9.78 Å². The third kappa shape index (κ3) is 4.15. The third-order valence-electron chi connectivity index (χ3n) is 5.11. The molecule has 3 rings (SSSR count). The van der Waals surface area contributed by atoms with E-state index in [0.717, 1.165) is 17.8 Å². The number of Topliss-reactive ketones (excluding diaryl/α,β-unsaturated/α-hetero) is 1. The van der Waals surface area contributed by atoms with E-state index in [1.165, 1.54) is 16.5 Å². The maximum absolute atomic E-state index is 12.9. The number of benzene rings is 1. The van der Waals surface area contributed by atoms with Crippen molar-refractivity contribution in [2.24, 2.45) is 0 Å². The lowest BCUT2D eigenvalue weighted by Crippen LogP contribution is -2.24. The number of thiophene rings is 1. The maximum atomic E-state index is 12.9. The Hall–Kier alpha value is -2.80. The summed E-state index contributed by atoms with van der Waals surface area (Å²) in [6, 6.07) is 7.52. The lowest BCUT2D eigenvalue weighted by molar-refractivity contribution is 0.0531. The zero-order chi connectivity index (χ0) is 21.1. The SMILES string of the molecule is CCOC(=O)c1sc2ncn(CC(=O)c3ccc([C@H](C)CC)cc3)c(=O)c2c1C. The average Bonchev–Trinajstić information content (AvgIpc) is 3.07. The first-order valence-corrected chi connectivity index (χ1v) is 10.5. The van der Waals surface area contributed by atoms with E-state index in [-0.39, 0.29) is 24.5 Å². The van der Waals surface area contributed by atoms with Crippen LogP contribution in [0.1, 0.15) is 64.3 Å². The fourth-order valence-electron chi connectivity index (χ4n) is 3.14. The molecule has 7 heteroatoms. The van der Waals surface area contributed by atoms with E-state index in [2.05, 4.69) is 18.8 Å². The molecule has 0 aliphatic heterocycles. The van der Waals surface area contributed by atoms with Crippen molar-refractivity contribution in [1.82, 2.24) is 9.55 Å². The molecular formula is C22H24N2O4S. The molecule has 0 N–H and O–H groups in total. The average molecular weight is 413 g/mol. The molecule has 0 aliphatic rings. The number of carbonyl (C=O) groups is 2. The van der Waals surface area contributed by atoms with Gasteiger partial charge in [-0.2, -0.15) is 0 Å². The van der Waals surface area contributed by atoms with Gasteiger partial charge in [-0.3, -0.25) is 14.2 Å². The number of aromatic nitrogens is 2. The van der Waals surface area contributed by atoms with Gasteiger partial charge < -0.3 is 4.74 Å². The standard InChI is InChI=1S/C22H24N2O4S/c1-5-13(3)15-7-9-16(10-8-15)17(25)11-24-12-23-20-18(21(24)26)14(4)19(29-20)22(27)28-6-2/h7-10,12-13H,5-6,11H2,1-4H3/t13-/m1/s1. The number of ether oxygens (including phenoxy) is 1. The van der Waals surface area contributed by atoms with Gasteiger partial charge in [0, 0.05) is 5.56 Å². The van der Waals surface area contributed by atoms with Crippen LogP contribution in [0.3, 0.4) is 0 Å². The highest BCUT2D eigenvalue weighted by Gasteiger charge is 2.21. The van der Waals surface area contributed by atoms with Crippen molar-refractivity contribution in [3.05, 3.63) is 62.5 Å². The first kappa shape index (κ1) is 20.9. The van der Waals surface area contributed by atoms with Gasteiger partial charge in [0.15, 0.2) is 5.78 Å². The largest absolute Gasteiger partial charge is 0.462 e. The van der Waals surface area contributed by atoms with Gasteiger partial charge in [-0.15, -0.1) is 11.3 Å². The monoisotopic (exact) mass is 412 g/mol. The van der Waals surface area contributed by atoms with Crippen molar-refractivity contribution in [2.45, 2.75) is 46.6 Å². The first-order valence-electron chi connectivity index (χ1n) is 9.66. The predicted molar refractivity (Wildman–Crippen MR) is 114 cm³/mol. The van der Waals surface area contributed by atoms with Gasteiger partial charge in [0.2, 0.25) is 0 Å². The molecule has 0 saturated carbocycles. The molecule has 2 aromatic heterocycles. The second-order valence-electron chi connectivity index (χ2n) is 6.99. The Kier molecular flexibility index (Phi) is 6.27. The van der Waals surface area contributed by atoms with E-state index in [0.29, 0.717) is 32.1 Å². The molecule has 0 aliphatic carbocycles. The van der Waals surface area contributed by atoms with E-state index in [1.54, 1.807) is 26.0 Å². The number of hydrogen-bond donors (Lipinski definition) is 0. The van der Waals surface area contributed by atoms with Gasteiger partial charge in [-0.05, 0) is 37.3 Å². The molecule has 0 unspecified atom stereocenters. The Bertz CT molecular complexity index is 1110. The number of rotatable bonds is 7. The predicted octanol–water partition coefficient (Wildman–Crippen LogP) is 4.34. The van der Waals surface area contributed by atoms with Crippen LogP contribution in [0.4, 0.5) is 0 Å². The second-order valence-corrected chi connectivity index (χ2v) is 7.99. The van der Waals surface area contributed by atoms with Gasteiger partial charge in [0.1, 0.15) is 9.71 Å². The van der Waals surface area contributed by atoms with Gasteiger partial charge in [0.25, 0.3) is 5.56 Å². The van der Waals surface area contributed by atoms with E-state index >= 15 is 0 Å². The minimum Gasteiger partial charge on any atom is -0.462 e. The van der Waals surface area contributed by atoms with Crippen molar-refractivity contribution < 1.29 is 14.3 Å². The Morgan fingerprint density at radius 1 is 1.21 bits per heavy atom. The summed E-state index contributed by atoms with van der Waals surface area (Å²) >= 11 is 1.13. The van der Waals surface area contributed by atoms with Crippen molar-refractivity contribution in [3.8, 4) is 0 Å². The molecule has 1 atom stereocenters. The van der Waals surface area contributed by atoms with Crippen LogP contribution >= 0.6 is 11.3 Å². The summed E-state index contributed by atoms with van der Waals surface area (Å²) in [6.07, 6.45) is 2.39. The highest BCUT2D eigenvalue weighted by Crippen LogP contribution is 2.27. The van der Waals surface area contributed by atoms with Gasteiger partial charge >= 0.3 is 5.97 Å². The summed E-state index contributed by atoms with van der Waals surface area (Å²) in [6.45, 7) is 7.86. The van der Waals surface area contributed by atoms with Gasteiger partial charge in [0.05, 0.1) is 24.9 Å². The summed E-state index contributed by atoms with van der Waals surface area (Å²) in [5, 5.41) is 0.362. The van der Waals surface area contributed by atoms with Gasteiger partial charge in [-0.1, -0.05) is 38.1 Å². The van der Waals surface area contributed by atoms with Crippen molar-refractivity contribution in [1.29, 1.82) is 0 Å². The van der Waals surface area contributed by atoms with Crippen LogP contribution in [0.2, 0.25) is 0 Å². The number of ketones is 1. The molecule has 3 aromatic rings. The van der Waals surface area contributed by atoms with Crippen molar-refractivity contribution in [3.63, 3.8) is 0 Å². The molecule has 0 spiro atoms. The maximum Gasteiger partial charge on any atom is 0.348 e. The number of carbonyl (C=O) groups excluding carboxylic acids is 2. The van der Waals surface area contributed by atoms with Crippen LogP contribution in [-0.2, 0) is 11.3 Å². The molecule has 0 radical (unpaired) electrons. The van der Waals surface area contributed by atoms with E-state index in [4.69, 9.17) is 4.74 Å². The minimum absolute atomic E-state index is 0.103. The Labute approximate surface area is 173 Å². The topological polar surface area (TPSA) is 78.3 Å². The molecule has 0 amide bonds. The van der Waals surface area contributed by atoms with Crippen LogP contribution < -0.4 is 5.56 Å². The van der Waals surface area contributed by atoms with E-state index < -0.39 is 5.97 Å². The fourth-order valence-corrected chi connectivity index (χ4v) is 4.18. The Morgan fingerprint density at radius 3 is 2.52 bits per heavy atom. The number of esters is 1. The smallest absolute Gasteiger partial charge is 0.348 e. The quantitative estimate of drug-likeness (QED) is 0.426. The number of hydrogen-bond acceptors (Lipinski definition) is 6. The van der Waals surface area contributed by atoms with E-state index in [9.17, 15) is 14.4 Å². The minimum atomic E-state index is -0.462. The Morgan fingerprint density at radius 2 is 1.90 bits per heavy atom. The third-order valence-corrected chi connectivity index (χ3v) is 6.29. The molecule has 1 aromatic carbocycles. The zero-order valence-electron chi connectivity index (χ0n) is 17.0. The van der Waals surface area contributed by atoms with Crippen LogP contribution in [0, 0.1) is 6.92 Å². The lowest BCUT2D eigenvalue weighted by atomic mass is 9.97. The lowest BCUT2D eigenvalue weighted by Gasteiger charge is -2.10. The highest BCUT2D eigenvalue weighted by atomic mass is 32.1. The number of nitrogens with zero attached hydrogens (tertiary/aromatic N) is 2. The molecule has 0 bridgehead atoms. The summed E-state index contributed by atoms with van der Waals surface area (Å²) in [7, 11) is 0. The highest BCUT2D eigenvalue weighted by molar-refractivity contribution is 7.20. The zero-order valence-corrected chi connectivity index (χ0v) is 17.8. The molecular weight excluding hydrogens is 388 g/mol. The van der Waals surface area contributed by atoms with E-state index in [1.807, 2.05) is 12.1 Å². The number of aryl methyl sites for hydroxylation is 1. The van der Waals surface area contributed by atoms with Crippen molar-refractivity contribution >= 4 is 33.3 Å². The fraction of sp³-hybridized carbons (Fsp3) is 0.364. The summed E-state index contributed by atoms with van der Waals surface area (Å²) in [4.78, 5) is 42.8. The summed E-state index contributed by atoms with van der Waals surface area (Å²) in [5.74, 6) is -0.192. The van der Waals surface area contributed by atoms with Crippen LogP contribution in [0.15, 0.2) is 35.4 Å². The second kappa shape index (κ2) is 8.69.